The van der Waals surface area contributed by atoms with E-state index in [4.69, 9.17) is 20.4 Å². The van der Waals surface area contributed by atoms with Crippen LogP contribution >= 0.6 is 0 Å². The van der Waals surface area contributed by atoms with Crippen molar-refractivity contribution >= 4 is 43.1 Å². The van der Waals surface area contributed by atoms with Crippen LogP contribution in [0.1, 0.15) is 56.7 Å². The van der Waals surface area contributed by atoms with Gasteiger partial charge in [0.25, 0.3) is 0 Å². The average Bonchev–Trinajstić information content (AvgIpc) is 3.20. The molecule has 4 N–H and O–H groups in total. The maximum atomic E-state index is 8.94. The third kappa shape index (κ3) is 9.59. The van der Waals surface area contributed by atoms with Crippen LogP contribution in [0, 0.1) is 69.2 Å². The van der Waals surface area contributed by atoms with Crippen molar-refractivity contribution in [1.82, 2.24) is 19.9 Å². The molecule has 296 valence electrons. The second-order valence-electron chi connectivity index (χ2n) is 14.4. The van der Waals surface area contributed by atoms with Gasteiger partial charge in [0.1, 0.15) is 23.0 Å². The Morgan fingerprint density at radius 1 is 0.276 bits per heavy atom. The van der Waals surface area contributed by atoms with Crippen LogP contribution in [0.15, 0.2) is 109 Å². The van der Waals surface area contributed by atoms with Crippen LogP contribution in [0.2, 0.25) is 0 Å². The zero-order valence-electron chi connectivity index (χ0n) is 35.0. The molecule has 0 atom stereocenters. The second-order valence-corrected chi connectivity index (χ2v) is 14.4. The number of fused-ring (bicyclic) bond motifs is 2. The Balaban J connectivity index is 0.000000146. The van der Waals surface area contributed by atoms with Gasteiger partial charge in [-0.15, -0.1) is 0 Å². The topological polar surface area (TPSA) is 132 Å². The molecular formula is C50H52N4O4. The largest absolute Gasteiger partial charge is 0.508 e. The van der Waals surface area contributed by atoms with E-state index in [1.807, 2.05) is 55.4 Å². The number of aromatic hydroxyl groups is 4. The number of aryl methyl sites for hydroxylation is 8. The molecule has 0 saturated heterocycles. The molecule has 0 radical (unpaired) electrons. The number of hydrogen-bond donors (Lipinski definition) is 4. The van der Waals surface area contributed by atoms with Crippen molar-refractivity contribution in [3.63, 3.8) is 0 Å². The number of aromatic nitrogens is 4. The molecule has 0 fully saturated rings. The van der Waals surface area contributed by atoms with Crippen molar-refractivity contribution in [3.05, 3.63) is 166 Å². The standard InChI is InChI=1S/C20H12.2C8H12N2.2C7H8O2/c1-5-13-6-2-11-17-18-12-4-8-14-7-3-10-16(20(14)18)15(9-1)19(13)17;2*1-5-6(2)10-8(4)7(3)9-5;2*1-5-6(8)3-2-4-7(5)9/h1-12H;2*1-4H3;2*2-4,8-9H,1H3. The minimum absolute atomic E-state index is 0.134. The summed E-state index contributed by atoms with van der Waals surface area (Å²) in [6, 6.07) is 35.8. The van der Waals surface area contributed by atoms with Crippen molar-refractivity contribution in [2.75, 3.05) is 0 Å². The lowest BCUT2D eigenvalue weighted by molar-refractivity contribution is 0.442. The quantitative estimate of drug-likeness (QED) is 0.0884. The Kier molecular flexibility index (Phi) is 13.5. The predicted molar refractivity (Wildman–Crippen MR) is 239 cm³/mol. The molecule has 2 aromatic heterocycles. The highest BCUT2D eigenvalue weighted by Crippen LogP contribution is 2.39. The zero-order chi connectivity index (χ0) is 42.3. The first-order chi connectivity index (χ1) is 27.6. The Hall–Kier alpha value is -6.80. The minimum Gasteiger partial charge on any atom is -0.508 e. The van der Waals surface area contributed by atoms with Gasteiger partial charge in [-0.05, 0) is 137 Å². The molecule has 7 aromatic carbocycles. The van der Waals surface area contributed by atoms with Gasteiger partial charge in [-0.2, -0.15) is 0 Å². The lowest BCUT2D eigenvalue weighted by Crippen LogP contribution is -1.97. The molecule has 0 amide bonds. The van der Waals surface area contributed by atoms with Crippen molar-refractivity contribution < 1.29 is 20.4 Å². The molecule has 0 aliphatic rings. The summed E-state index contributed by atoms with van der Waals surface area (Å²) in [6.07, 6.45) is 0. The maximum Gasteiger partial charge on any atom is 0.122 e. The van der Waals surface area contributed by atoms with Gasteiger partial charge in [-0.25, -0.2) is 0 Å². The third-order valence-corrected chi connectivity index (χ3v) is 10.4. The summed E-state index contributed by atoms with van der Waals surface area (Å²) < 4.78 is 0. The average molecular weight is 773 g/mol. The summed E-state index contributed by atoms with van der Waals surface area (Å²) >= 11 is 0. The number of nitrogens with zero attached hydrogens (tertiary/aromatic N) is 4. The van der Waals surface area contributed by atoms with E-state index in [0.29, 0.717) is 11.1 Å². The molecule has 0 aliphatic heterocycles. The van der Waals surface area contributed by atoms with Crippen molar-refractivity contribution in [1.29, 1.82) is 0 Å². The highest BCUT2D eigenvalue weighted by Gasteiger charge is 2.11. The van der Waals surface area contributed by atoms with Gasteiger partial charge in [0, 0.05) is 11.1 Å². The van der Waals surface area contributed by atoms with Crippen molar-refractivity contribution in [3.8, 4) is 23.0 Å². The first-order valence-corrected chi connectivity index (χ1v) is 19.1. The maximum absolute atomic E-state index is 8.94. The summed E-state index contributed by atoms with van der Waals surface area (Å²) in [5.74, 6) is 0.537. The Morgan fingerprint density at radius 2 is 0.466 bits per heavy atom. The van der Waals surface area contributed by atoms with Gasteiger partial charge in [-0.1, -0.05) is 84.9 Å². The normalized spacial score (nSPS) is 10.5. The first-order valence-electron chi connectivity index (χ1n) is 19.1. The summed E-state index contributed by atoms with van der Waals surface area (Å²) in [6.45, 7) is 19.2. The van der Waals surface area contributed by atoms with E-state index in [9.17, 15) is 0 Å². The van der Waals surface area contributed by atoms with E-state index in [2.05, 4.69) is 92.7 Å². The van der Waals surface area contributed by atoms with E-state index in [0.717, 1.165) is 45.6 Å². The number of rotatable bonds is 0. The molecule has 9 aromatic rings. The number of hydrogen-bond acceptors (Lipinski definition) is 8. The Labute approximate surface area is 340 Å². The summed E-state index contributed by atoms with van der Waals surface area (Å²) in [7, 11) is 0. The lowest BCUT2D eigenvalue weighted by Gasteiger charge is -2.13. The molecule has 9 rings (SSSR count). The van der Waals surface area contributed by atoms with E-state index >= 15 is 0 Å². The fourth-order valence-corrected chi connectivity index (χ4v) is 6.46. The monoisotopic (exact) mass is 772 g/mol. The highest BCUT2D eigenvalue weighted by molar-refractivity contribution is 6.32. The molecular weight excluding hydrogens is 721 g/mol. The van der Waals surface area contributed by atoms with E-state index in [1.165, 1.54) is 67.4 Å². The smallest absolute Gasteiger partial charge is 0.122 e. The van der Waals surface area contributed by atoms with Gasteiger partial charge in [-0.3, -0.25) is 19.9 Å². The van der Waals surface area contributed by atoms with Gasteiger partial charge in [0.15, 0.2) is 0 Å². The number of phenols is 4. The van der Waals surface area contributed by atoms with Crippen LogP contribution in [0.4, 0.5) is 0 Å². The van der Waals surface area contributed by atoms with Gasteiger partial charge < -0.3 is 20.4 Å². The molecule has 0 aliphatic carbocycles. The first kappa shape index (κ1) is 42.3. The summed E-state index contributed by atoms with van der Waals surface area (Å²) in [5, 5.41) is 46.6. The number of benzene rings is 7. The van der Waals surface area contributed by atoms with Crippen LogP contribution in [-0.4, -0.2) is 40.4 Å². The predicted octanol–water partition coefficient (Wildman–Crippen LogP) is 12.0. The van der Waals surface area contributed by atoms with Crippen molar-refractivity contribution in [2.24, 2.45) is 0 Å². The molecule has 8 nitrogen and oxygen atoms in total. The SMILES string of the molecule is Cc1c(O)cccc1O.Cc1c(O)cccc1O.Cc1nc(C)c(C)nc1C.Cc1nc(C)c(C)nc1C.c1cc2cccc3c4cccc5cccc(c(c1)c23)c54. The van der Waals surface area contributed by atoms with Crippen molar-refractivity contribution in [2.45, 2.75) is 69.2 Å². The van der Waals surface area contributed by atoms with E-state index in [-0.39, 0.29) is 23.0 Å². The third-order valence-electron chi connectivity index (χ3n) is 10.4. The summed E-state index contributed by atoms with van der Waals surface area (Å²) in [5.41, 5.74) is 9.30. The van der Waals surface area contributed by atoms with Crippen LogP contribution in [0.25, 0.3) is 43.1 Å². The molecule has 0 saturated carbocycles. The molecule has 58 heavy (non-hydrogen) atoms. The highest BCUT2D eigenvalue weighted by atomic mass is 16.3. The van der Waals surface area contributed by atoms with Crippen LogP contribution < -0.4 is 0 Å². The van der Waals surface area contributed by atoms with Gasteiger partial charge in [0.05, 0.1) is 45.6 Å². The molecule has 0 bridgehead atoms. The Bertz CT molecular complexity index is 2440. The molecule has 8 heteroatoms. The van der Waals surface area contributed by atoms with E-state index < -0.39 is 0 Å². The minimum atomic E-state index is 0.134. The fourth-order valence-electron chi connectivity index (χ4n) is 6.46. The second kappa shape index (κ2) is 18.4. The molecule has 0 spiro atoms. The zero-order valence-corrected chi connectivity index (χ0v) is 35.0. The summed E-state index contributed by atoms with van der Waals surface area (Å²) in [4.78, 5) is 17.2. The van der Waals surface area contributed by atoms with Crippen LogP contribution in [0.5, 0.6) is 23.0 Å². The van der Waals surface area contributed by atoms with Gasteiger partial charge >= 0.3 is 0 Å². The van der Waals surface area contributed by atoms with Gasteiger partial charge in [0.2, 0.25) is 0 Å². The Morgan fingerprint density at radius 3 is 0.655 bits per heavy atom. The lowest BCUT2D eigenvalue weighted by atomic mass is 9.90. The van der Waals surface area contributed by atoms with Crippen LogP contribution in [-0.2, 0) is 0 Å². The fraction of sp³-hybridized carbons (Fsp3) is 0.200. The molecule has 2 heterocycles. The number of phenolic OH excluding ortho intramolecular Hbond substituents is 4. The van der Waals surface area contributed by atoms with Crippen LogP contribution in [0.3, 0.4) is 0 Å². The molecule has 0 unspecified atom stereocenters. The van der Waals surface area contributed by atoms with E-state index in [1.54, 1.807) is 26.0 Å².